The maximum atomic E-state index is 12.6. The van der Waals surface area contributed by atoms with Gasteiger partial charge in [-0.3, -0.25) is 14.7 Å². The molecule has 2 N–H and O–H groups in total. The lowest BCUT2D eigenvalue weighted by molar-refractivity contribution is -0.125. The molecule has 5 nitrogen and oxygen atoms in total. The molecule has 0 radical (unpaired) electrons. The van der Waals surface area contributed by atoms with Crippen LogP contribution in [0.1, 0.15) is 29.7 Å². The van der Waals surface area contributed by atoms with E-state index in [9.17, 15) is 9.90 Å². The highest BCUT2D eigenvalue weighted by molar-refractivity contribution is 5.82. The van der Waals surface area contributed by atoms with Crippen LogP contribution in [0.15, 0.2) is 48.7 Å². The van der Waals surface area contributed by atoms with Gasteiger partial charge >= 0.3 is 0 Å². The lowest BCUT2D eigenvalue weighted by Crippen LogP contribution is -2.42. The summed E-state index contributed by atoms with van der Waals surface area (Å²) in [7, 11) is 0. The molecule has 0 spiro atoms. The fourth-order valence-corrected chi connectivity index (χ4v) is 3.16. The molecule has 0 saturated carbocycles. The van der Waals surface area contributed by atoms with Gasteiger partial charge in [-0.25, -0.2) is 0 Å². The fourth-order valence-electron chi connectivity index (χ4n) is 3.16. The second-order valence-corrected chi connectivity index (χ2v) is 6.15. The molecule has 1 aliphatic heterocycles. The van der Waals surface area contributed by atoms with Gasteiger partial charge in [0.2, 0.25) is 5.91 Å². The lowest BCUT2D eigenvalue weighted by atomic mass is 10.1. The second-order valence-electron chi connectivity index (χ2n) is 6.15. The molecule has 5 heteroatoms. The van der Waals surface area contributed by atoms with Crippen molar-refractivity contribution in [1.82, 2.24) is 15.2 Å². The highest BCUT2D eigenvalue weighted by atomic mass is 16.3. The number of carbonyl (C=O) groups excluding carboxylic acids is 1. The van der Waals surface area contributed by atoms with Gasteiger partial charge in [-0.1, -0.05) is 30.3 Å². The van der Waals surface area contributed by atoms with E-state index in [1.807, 2.05) is 42.5 Å². The third-order valence-electron chi connectivity index (χ3n) is 4.40. The zero-order valence-electron chi connectivity index (χ0n) is 13.7. The largest absolute Gasteiger partial charge is 0.392 e. The van der Waals surface area contributed by atoms with Crippen LogP contribution in [0.25, 0.3) is 0 Å². The molecule has 1 aromatic heterocycles. The molecule has 2 heterocycles. The number of amides is 1. The Bertz CT molecular complexity index is 675. The van der Waals surface area contributed by atoms with E-state index in [4.69, 9.17) is 0 Å². The van der Waals surface area contributed by atoms with Crippen molar-refractivity contribution in [3.8, 4) is 0 Å². The first-order valence-electron chi connectivity index (χ1n) is 8.36. The molecule has 1 unspecified atom stereocenters. The topological polar surface area (TPSA) is 65.5 Å². The number of aliphatic hydroxyl groups excluding tert-OH is 1. The van der Waals surface area contributed by atoms with Crippen LogP contribution in [0.4, 0.5) is 0 Å². The Morgan fingerprint density at radius 1 is 1.25 bits per heavy atom. The molecule has 0 aliphatic carbocycles. The first-order chi connectivity index (χ1) is 11.8. The molecule has 2 aromatic rings. The maximum absolute atomic E-state index is 12.6. The number of hydrogen-bond donors (Lipinski definition) is 2. The van der Waals surface area contributed by atoms with Crippen molar-refractivity contribution in [3.05, 3.63) is 65.5 Å². The number of benzene rings is 1. The van der Waals surface area contributed by atoms with Crippen LogP contribution < -0.4 is 5.32 Å². The fraction of sp³-hybridized carbons (Fsp3) is 0.368. The van der Waals surface area contributed by atoms with E-state index in [0.717, 1.165) is 36.2 Å². The predicted molar refractivity (Wildman–Crippen MR) is 91.9 cm³/mol. The molecule has 0 bridgehead atoms. The van der Waals surface area contributed by atoms with Crippen LogP contribution in [-0.4, -0.2) is 33.5 Å². The van der Waals surface area contributed by atoms with E-state index in [0.29, 0.717) is 13.1 Å². The Balaban J connectivity index is 1.57. The highest BCUT2D eigenvalue weighted by Crippen LogP contribution is 2.19. The molecular formula is C19H23N3O2. The van der Waals surface area contributed by atoms with Gasteiger partial charge in [-0.2, -0.15) is 0 Å². The standard InChI is InChI=1S/C19H23N3O2/c23-14-16-6-3-5-15(11-16)12-21-19(24)18-8-4-10-22(18)13-17-7-1-2-9-20-17/h1-3,5-7,9,11,18,23H,4,8,10,12-14H2,(H,21,24). The average Bonchev–Trinajstić information content (AvgIpc) is 3.09. The zero-order valence-corrected chi connectivity index (χ0v) is 13.7. The third-order valence-corrected chi connectivity index (χ3v) is 4.40. The number of hydrogen-bond acceptors (Lipinski definition) is 4. The summed E-state index contributed by atoms with van der Waals surface area (Å²) in [5, 5.41) is 12.2. The van der Waals surface area contributed by atoms with Gasteiger partial charge in [0.25, 0.3) is 0 Å². The van der Waals surface area contributed by atoms with E-state index < -0.39 is 0 Å². The molecular weight excluding hydrogens is 302 g/mol. The summed E-state index contributed by atoms with van der Waals surface area (Å²) >= 11 is 0. The Morgan fingerprint density at radius 3 is 2.92 bits per heavy atom. The first-order valence-corrected chi connectivity index (χ1v) is 8.36. The van der Waals surface area contributed by atoms with Gasteiger partial charge in [-0.15, -0.1) is 0 Å². The number of aliphatic hydroxyl groups is 1. The third kappa shape index (κ3) is 4.19. The van der Waals surface area contributed by atoms with E-state index in [2.05, 4.69) is 15.2 Å². The molecule has 1 fully saturated rings. The number of carbonyl (C=O) groups is 1. The average molecular weight is 325 g/mol. The van der Waals surface area contributed by atoms with E-state index in [-0.39, 0.29) is 18.6 Å². The second kappa shape index (κ2) is 8.04. The van der Waals surface area contributed by atoms with Gasteiger partial charge in [0.15, 0.2) is 0 Å². The summed E-state index contributed by atoms with van der Waals surface area (Å²) in [6, 6.07) is 13.4. The van der Waals surface area contributed by atoms with E-state index >= 15 is 0 Å². The van der Waals surface area contributed by atoms with Crippen molar-refractivity contribution >= 4 is 5.91 Å². The van der Waals surface area contributed by atoms with Crippen LogP contribution in [0.5, 0.6) is 0 Å². The summed E-state index contributed by atoms with van der Waals surface area (Å²) in [5.74, 6) is 0.0674. The predicted octanol–water partition coefficient (Wildman–Crippen LogP) is 1.85. The minimum Gasteiger partial charge on any atom is -0.392 e. The zero-order chi connectivity index (χ0) is 16.8. The molecule has 126 valence electrons. The van der Waals surface area contributed by atoms with Crippen molar-refractivity contribution < 1.29 is 9.90 Å². The maximum Gasteiger partial charge on any atom is 0.237 e. The lowest BCUT2D eigenvalue weighted by Gasteiger charge is -2.23. The number of nitrogens with zero attached hydrogens (tertiary/aromatic N) is 2. The van der Waals surface area contributed by atoms with Crippen LogP contribution in [0.2, 0.25) is 0 Å². The van der Waals surface area contributed by atoms with Crippen molar-refractivity contribution in [2.24, 2.45) is 0 Å². The monoisotopic (exact) mass is 325 g/mol. The Morgan fingerprint density at radius 2 is 2.12 bits per heavy atom. The molecule has 1 aliphatic rings. The smallest absolute Gasteiger partial charge is 0.237 e. The van der Waals surface area contributed by atoms with Gasteiger partial charge in [0.1, 0.15) is 0 Å². The SMILES string of the molecule is O=C(NCc1cccc(CO)c1)C1CCCN1Cc1ccccn1. The van der Waals surface area contributed by atoms with Crippen LogP contribution in [-0.2, 0) is 24.5 Å². The van der Waals surface area contributed by atoms with Gasteiger partial charge < -0.3 is 10.4 Å². The Hall–Kier alpha value is -2.24. The molecule has 3 rings (SSSR count). The van der Waals surface area contributed by atoms with Crippen molar-refractivity contribution in [1.29, 1.82) is 0 Å². The van der Waals surface area contributed by atoms with Crippen molar-refractivity contribution in [2.45, 2.75) is 38.6 Å². The molecule has 1 atom stereocenters. The minimum absolute atomic E-state index is 0.0161. The summed E-state index contributed by atoms with van der Waals surface area (Å²) < 4.78 is 0. The number of rotatable bonds is 6. The van der Waals surface area contributed by atoms with E-state index in [1.165, 1.54) is 0 Å². The van der Waals surface area contributed by atoms with Crippen LogP contribution in [0, 0.1) is 0 Å². The summed E-state index contributed by atoms with van der Waals surface area (Å²) in [4.78, 5) is 19.1. The van der Waals surface area contributed by atoms with Crippen LogP contribution >= 0.6 is 0 Å². The molecule has 24 heavy (non-hydrogen) atoms. The summed E-state index contributed by atoms with van der Waals surface area (Å²) in [5.41, 5.74) is 2.86. The molecule has 1 aromatic carbocycles. The number of likely N-dealkylation sites (tertiary alicyclic amines) is 1. The molecule has 1 amide bonds. The van der Waals surface area contributed by atoms with Gasteiger partial charge in [0, 0.05) is 19.3 Å². The van der Waals surface area contributed by atoms with Crippen molar-refractivity contribution in [2.75, 3.05) is 6.54 Å². The number of nitrogens with one attached hydrogen (secondary N) is 1. The number of pyridine rings is 1. The highest BCUT2D eigenvalue weighted by Gasteiger charge is 2.30. The van der Waals surface area contributed by atoms with E-state index in [1.54, 1.807) is 6.20 Å². The number of aromatic nitrogens is 1. The Labute approximate surface area is 142 Å². The quantitative estimate of drug-likeness (QED) is 0.851. The normalized spacial score (nSPS) is 17.8. The van der Waals surface area contributed by atoms with Crippen LogP contribution in [0.3, 0.4) is 0 Å². The summed E-state index contributed by atoms with van der Waals surface area (Å²) in [6.45, 7) is 2.14. The van der Waals surface area contributed by atoms with Crippen molar-refractivity contribution in [3.63, 3.8) is 0 Å². The minimum atomic E-state index is -0.0898. The summed E-state index contributed by atoms with van der Waals surface area (Å²) in [6.07, 6.45) is 3.70. The van der Waals surface area contributed by atoms with Gasteiger partial charge in [-0.05, 0) is 42.6 Å². The van der Waals surface area contributed by atoms with Gasteiger partial charge in [0.05, 0.1) is 18.3 Å². The Kier molecular flexibility index (Phi) is 5.56. The first kappa shape index (κ1) is 16.6. The molecule has 1 saturated heterocycles.